The van der Waals surface area contributed by atoms with Crippen LogP contribution in [-0.4, -0.2) is 18.0 Å². The van der Waals surface area contributed by atoms with Crippen LogP contribution in [-0.2, 0) is 6.54 Å². The minimum atomic E-state index is -0.920. The number of hydrogen-bond donors (Lipinski definition) is 1. The predicted molar refractivity (Wildman–Crippen MR) is 86.0 cm³/mol. The van der Waals surface area contributed by atoms with Crippen LogP contribution < -0.4 is 5.32 Å². The molecule has 3 nitrogen and oxygen atoms in total. The molecule has 0 aliphatic carbocycles. The van der Waals surface area contributed by atoms with Gasteiger partial charge in [0.2, 0.25) is 0 Å². The Morgan fingerprint density at radius 1 is 1.17 bits per heavy atom. The predicted octanol–water partition coefficient (Wildman–Crippen LogP) is 4.18. The highest BCUT2D eigenvalue weighted by atomic mass is 19.2. The largest absolute Gasteiger partial charge is 0.331 e. The Hall–Kier alpha value is -2.43. The van der Waals surface area contributed by atoms with Crippen LogP contribution in [0.15, 0.2) is 42.5 Å². The molecule has 1 N–H and O–H groups in total. The maximum absolute atomic E-state index is 13.3. The van der Waals surface area contributed by atoms with Gasteiger partial charge in [0.05, 0.1) is 6.04 Å². The van der Waals surface area contributed by atoms with Crippen molar-refractivity contribution in [3.05, 3.63) is 70.8 Å². The molecule has 1 atom stereocenters. The van der Waals surface area contributed by atoms with Gasteiger partial charge in [-0.1, -0.05) is 30.3 Å². The van der Waals surface area contributed by atoms with Gasteiger partial charge < -0.3 is 10.2 Å². The molecular weight excluding hydrogens is 298 g/mol. The zero-order valence-corrected chi connectivity index (χ0v) is 13.4. The highest BCUT2D eigenvalue weighted by molar-refractivity contribution is 5.74. The Bertz CT molecular complexity index is 703. The van der Waals surface area contributed by atoms with Gasteiger partial charge in [-0.25, -0.2) is 13.6 Å². The average molecular weight is 318 g/mol. The lowest BCUT2D eigenvalue weighted by atomic mass is 10.1. The van der Waals surface area contributed by atoms with Gasteiger partial charge >= 0.3 is 6.03 Å². The molecule has 0 saturated heterocycles. The summed E-state index contributed by atoms with van der Waals surface area (Å²) < 4.78 is 26.2. The van der Waals surface area contributed by atoms with Crippen LogP contribution in [0.2, 0.25) is 0 Å². The third kappa shape index (κ3) is 4.28. The second-order valence-electron chi connectivity index (χ2n) is 5.63. The van der Waals surface area contributed by atoms with Gasteiger partial charge in [0.15, 0.2) is 11.6 Å². The molecule has 0 saturated carbocycles. The third-order valence-corrected chi connectivity index (χ3v) is 3.80. The first kappa shape index (κ1) is 16.9. The molecule has 122 valence electrons. The summed E-state index contributed by atoms with van der Waals surface area (Å²) in [6.07, 6.45) is 0. The van der Waals surface area contributed by atoms with Crippen molar-refractivity contribution in [2.24, 2.45) is 0 Å². The second-order valence-corrected chi connectivity index (χ2v) is 5.63. The molecule has 0 aromatic heterocycles. The molecule has 0 aliphatic rings. The minimum absolute atomic E-state index is 0.273. The molecule has 1 unspecified atom stereocenters. The van der Waals surface area contributed by atoms with Gasteiger partial charge in [-0.3, -0.25) is 0 Å². The Morgan fingerprint density at radius 2 is 1.87 bits per heavy atom. The lowest BCUT2D eigenvalue weighted by Crippen LogP contribution is -2.38. The van der Waals surface area contributed by atoms with E-state index in [-0.39, 0.29) is 6.03 Å². The number of carbonyl (C=O) groups is 1. The number of urea groups is 1. The van der Waals surface area contributed by atoms with Gasteiger partial charge in [-0.15, -0.1) is 0 Å². The number of hydrogen-bond acceptors (Lipinski definition) is 1. The van der Waals surface area contributed by atoms with Crippen molar-refractivity contribution in [3.63, 3.8) is 0 Å². The Labute approximate surface area is 134 Å². The molecule has 0 aliphatic heterocycles. The quantitative estimate of drug-likeness (QED) is 0.901. The standard InChI is InChI=1S/C18H20F2N2O/c1-12-6-4-5-7-15(12)11-22(3)18(23)21-13(2)14-8-9-16(19)17(20)10-14/h4-10,13H,11H2,1-3H3,(H,21,23). The smallest absolute Gasteiger partial charge is 0.317 e. The van der Waals surface area contributed by atoms with Crippen LogP contribution in [0.1, 0.15) is 29.7 Å². The highest BCUT2D eigenvalue weighted by Crippen LogP contribution is 2.16. The van der Waals surface area contributed by atoms with Gasteiger partial charge in [0.1, 0.15) is 0 Å². The number of aryl methyl sites for hydroxylation is 1. The molecule has 2 aromatic rings. The van der Waals surface area contributed by atoms with Crippen LogP contribution in [0.3, 0.4) is 0 Å². The number of amides is 2. The van der Waals surface area contributed by atoms with E-state index >= 15 is 0 Å². The molecule has 2 amide bonds. The summed E-state index contributed by atoms with van der Waals surface area (Å²) in [5.74, 6) is -1.82. The molecule has 0 spiro atoms. The monoisotopic (exact) mass is 318 g/mol. The fraction of sp³-hybridized carbons (Fsp3) is 0.278. The van der Waals surface area contributed by atoms with Crippen LogP contribution in [0.4, 0.5) is 13.6 Å². The summed E-state index contributed by atoms with van der Waals surface area (Å²) in [4.78, 5) is 13.8. The number of nitrogens with zero attached hydrogens (tertiary/aromatic N) is 1. The van der Waals surface area contributed by atoms with Gasteiger partial charge in [-0.2, -0.15) is 0 Å². The lowest BCUT2D eigenvalue weighted by Gasteiger charge is -2.22. The SMILES string of the molecule is Cc1ccccc1CN(C)C(=O)NC(C)c1ccc(F)c(F)c1. The van der Waals surface area contributed by atoms with E-state index in [0.29, 0.717) is 12.1 Å². The second kappa shape index (κ2) is 7.22. The van der Waals surface area contributed by atoms with E-state index in [0.717, 1.165) is 23.3 Å². The summed E-state index contributed by atoms with van der Waals surface area (Å²) in [6.45, 7) is 4.19. The lowest BCUT2D eigenvalue weighted by molar-refractivity contribution is 0.203. The van der Waals surface area contributed by atoms with Crippen molar-refractivity contribution in [2.45, 2.75) is 26.4 Å². The molecule has 2 rings (SSSR count). The van der Waals surface area contributed by atoms with Crippen molar-refractivity contribution in [1.82, 2.24) is 10.2 Å². The van der Waals surface area contributed by atoms with Gasteiger partial charge in [0.25, 0.3) is 0 Å². The van der Waals surface area contributed by atoms with E-state index < -0.39 is 17.7 Å². The van der Waals surface area contributed by atoms with E-state index in [1.54, 1.807) is 18.9 Å². The van der Waals surface area contributed by atoms with Gasteiger partial charge in [0, 0.05) is 13.6 Å². The molecule has 5 heteroatoms. The minimum Gasteiger partial charge on any atom is -0.331 e. The average Bonchev–Trinajstić information content (AvgIpc) is 2.52. The zero-order chi connectivity index (χ0) is 17.0. The normalized spacial score (nSPS) is 11.9. The molecule has 23 heavy (non-hydrogen) atoms. The summed E-state index contributed by atoms with van der Waals surface area (Å²) in [6, 6.07) is 10.8. The van der Waals surface area contributed by atoms with E-state index in [1.807, 2.05) is 31.2 Å². The summed E-state index contributed by atoms with van der Waals surface area (Å²) in [5, 5.41) is 2.78. The number of rotatable bonds is 4. The van der Waals surface area contributed by atoms with Crippen LogP contribution in [0, 0.1) is 18.6 Å². The first-order valence-electron chi connectivity index (χ1n) is 7.39. The van der Waals surface area contributed by atoms with Crippen molar-refractivity contribution in [2.75, 3.05) is 7.05 Å². The number of benzene rings is 2. The van der Waals surface area contributed by atoms with E-state index in [9.17, 15) is 13.6 Å². The van der Waals surface area contributed by atoms with Crippen LogP contribution >= 0.6 is 0 Å². The fourth-order valence-electron chi connectivity index (χ4n) is 2.28. The molecule has 0 radical (unpaired) electrons. The summed E-state index contributed by atoms with van der Waals surface area (Å²) in [5.41, 5.74) is 2.69. The Balaban J connectivity index is 2.00. The maximum Gasteiger partial charge on any atom is 0.317 e. The van der Waals surface area contributed by atoms with Crippen molar-refractivity contribution >= 4 is 6.03 Å². The molecule has 0 fully saturated rings. The topological polar surface area (TPSA) is 32.3 Å². The first-order valence-corrected chi connectivity index (χ1v) is 7.39. The van der Waals surface area contributed by atoms with Crippen LogP contribution in [0.25, 0.3) is 0 Å². The van der Waals surface area contributed by atoms with E-state index in [4.69, 9.17) is 0 Å². The summed E-state index contributed by atoms with van der Waals surface area (Å²) in [7, 11) is 1.69. The zero-order valence-electron chi connectivity index (χ0n) is 13.4. The van der Waals surface area contributed by atoms with Crippen molar-refractivity contribution < 1.29 is 13.6 Å². The fourth-order valence-corrected chi connectivity index (χ4v) is 2.28. The first-order chi connectivity index (χ1) is 10.9. The Kier molecular flexibility index (Phi) is 5.32. The number of halogens is 2. The van der Waals surface area contributed by atoms with Crippen LogP contribution in [0.5, 0.6) is 0 Å². The van der Waals surface area contributed by atoms with Crippen molar-refractivity contribution in [1.29, 1.82) is 0 Å². The van der Waals surface area contributed by atoms with E-state index in [1.165, 1.54) is 6.07 Å². The Morgan fingerprint density at radius 3 is 2.52 bits per heavy atom. The highest BCUT2D eigenvalue weighted by Gasteiger charge is 2.15. The summed E-state index contributed by atoms with van der Waals surface area (Å²) >= 11 is 0. The third-order valence-electron chi connectivity index (χ3n) is 3.80. The molecule has 0 heterocycles. The molecular formula is C18H20F2N2O. The molecule has 2 aromatic carbocycles. The maximum atomic E-state index is 13.3. The van der Waals surface area contributed by atoms with Crippen molar-refractivity contribution in [3.8, 4) is 0 Å². The number of carbonyl (C=O) groups excluding carboxylic acids is 1. The number of nitrogens with one attached hydrogen (secondary N) is 1. The van der Waals surface area contributed by atoms with E-state index in [2.05, 4.69) is 5.32 Å². The molecule has 0 bridgehead atoms. The van der Waals surface area contributed by atoms with Gasteiger partial charge in [-0.05, 0) is 42.7 Å².